The highest BCUT2D eigenvalue weighted by Crippen LogP contribution is 2.17. The molecule has 2 rings (SSSR count). The van der Waals surface area contributed by atoms with E-state index in [0.717, 1.165) is 39.0 Å². The van der Waals surface area contributed by atoms with Crippen molar-refractivity contribution >= 4 is 6.41 Å². The van der Waals surface area contributed by atoms with E-state index in [9.17, 15) is 4.79 Å². The third kappa shape index (κ3) is 4.64. The predicted molar refractivity (Wildman–Crippen MR) is 82.6 cm³/mol. The molecule has 1 saturated heterocycles. The average molecular weight is 274 g/mol. The van der Waals surface area contributed by atoms with Gasteiger partial charge in [0.05, 0.1) is 0 Å². The van der Waals surface area contributed by atoms with Crippen LogP contribution in [0.5, 0.6) is 0 Å². The number of piperidine rings is 1. The molecule has 1 atom stereocenters. The lowest BCUT2D eigenvalue weighted by atomic mass is 9.97. The standard InChI is InChI=1S/C17H26N2O/c1-2-18(15-20)13-17-9-6-11-19(14-17)12-10-16-7-4-3-5-8-16/h3-5,7-8,15,17H,2,6,9-14H2,1H3. The molecule has 1 aromatic carbocycles. The topological polar surface area (TPSA) is 23.6 Å². The van der Waals surface area contributed by atoms with Crippen LogP contribution in [0.15, 0.2) is 30.3 Å². The van der Waals surface area contributed by atoms with Gasteiger partial charge in [-0.1, -0.05) is 30.3 Å². The number of hydrogen-bond acceptors (Lipinski definition) is 2. The Bertz CT molecular complexity index is 393. The maximum Gasteiger partial charge on any atom is 0.209 e. The van der Waals surface area contributed by atoms with Crippen LogP contribution in [0.25, 0.3) is 0 Å². The number of carbonyl (C=O) groups is 1. The highest BCUT2D eigenvalue weighted by Gasteiger charge is 2.21. The van der Waals surface area contributed by atoms with Crippen molar-refractivity contribution in [3.05, 3.63) is 35.9 Å². The van der Waals surface area contributed by atoms with Gasteiger partial charge >= 0.3 is 0 Å². The molecule has 0 spiro atoms. The zero-order valence-corrected chi connectivity index (χ0v) is 12.5. The molecular weight excluding hydrogens is 248 g/mol. The molecule has 1 fully saturated rings. The highest BCUT2D eigenvalue weighted by atomic mass is 16.1. The molecule has 1 aromatic rings. The second kappa shape index (κ2) is 8.05. The van der Waals surface area contributed by atoms with E-state index in [2.05, 4.69) is 35.2 Å². The number of hydrogen-bond donors (Lipinski definition) is 0. The Labute approximate surface area is 122 Å². The minimum atomic E-state index is 0.643. The summed E-state index contributed by atoms with van der Waals surface area (Å²) < 4.78 is 0. The molecule has 1 unspecified atom stereocenters. The van der Waals surface area contributed by atoms with Crippen molar-refractivity contribution in [2.45, 2.75) is 26.2 Å². The van der Waals surface area contributed by atoms with E-state index in [1.54, 1.807) is 0 Å². The van der Waals surface area contributed by atoms with Crippen molar-refractivity contribution < 1.29 is 4.79 Å². The molecule has 3 heteroatoms. The first-order valence-electron chi connectivity index (χ1n) is 7.77. The Hall–Kier alpha value is -1.35. The molecule has 0 aromatic heterocycles. The van der Waals surface area contributed by atoms with Gasteiger partial charge in [0.1, 0.15) is 0 Å². The van der Waals surface area contributed by atoms with Crippen molar-refractivity contribution in [1.82, 2.24) is 9.80 Å². The first kappa shape index (κ1) is 15.0. The van der Waals surface area contributed by atoms with Crippen molar-refractivity contribution in [2.75, 3.05) is 32.7 Å². The van der Waals surface area contributed by atoms with Crippen LogP contribution in [0.3, 0.4) is 0 Å². The maximum atomic E-state index is 10.9. The first-order valence-corrected chi connectivity index (χ1v) is 7.77. The molecule has 110 valence electrons. The van der Waals surface area contributed by atoms with Crippen molar-refractivity contribution in [3.63, 3.8) is 0 Å². The molecule has 0 aliphatic carbocycles. The Balaban J connectivity index is 1.77. The van der Waals surface area contributed by atoms with Gasteiger partial charge in [0.2, 0.25) is 6.41 Å². The summed E-state index contributed by atoms with van der Waals surface area (Å²) in [5.41, 5.74) is 1.41. The lowest BCUT2D eigenvalue weighted by molar-refractivity contribution is -0.118. The quantitative estimate of drug-likeness (QED) is 0.713. The van der Waals surface area contributed by atoms with E-state index in [1.165, 1.54) is 24.9 Å². The van der Waals surface area contributed by atoms with Crippen LogP contribution in [-0.4, -0.2) is 48.9 Å². The number of amides is 1. The van der Waals surface area contributed by atoms with Crippen molar-refractivity contribution in [2.24, 2.45) is 5.92 Å². The molecule has 20 heavy (non-hydrogen) atoms. The van der Waals surface area contributed by atoms with Gasteiger partial charge in [-0.25, -0.2) is 0 Å². The SMILES string of the molecule is CCN(C=O)CC1CCCN(CCc2ccccc2)C1. The van der Waals surface area contributed by atoms with E-state index >= 15 is 0 Å². The summed E-state index contributed by atoms with van der Waals surface area (Å²) in [6.07, 6.45) is 4.63. The van der Waals surface area contributed by atoms with E-state index in [1.807, 2.05) is 11.8 Å². The summed E-state index contributed by atoms with van der Waals surface area (Å²) in [6, 6.07) is 10.7. The number of rotatable bonds is 7. The van der Waals surface area contributed by atoms with E-state index in [4.69, 9.17) is 0 Å². The van der Waals surface area contributed by atoms with Crippen LogP contribution in [0, 0.1) is 5.92 Å². The summed E-state index contributed by atoms with van der Waals surface area (Å²) in [5.74, 6) is 0.643. The molecule has 1 aliphatic heterocycles. The zero-order valence-electron chi connectivity index (χ0n) is 12.5. The van der Waals surface area contributed by atoms with Gasteiger partial charge in [-0.05, 0) is 44.2 Å². The van der Waals surface area contributed by atoms with Gasteiger partial charge in [-0.2, -0.15) is 0 Å². The Morgan fingerprint density at radius 3 is 2.85 bits per heavy atom. The minimum Gasteiger partial charge on any atom is -0.345 e. The average Bonchev–Trinajstić information content (AvgIpc) is 2.52. The summed E-state index contributed by atoms with van der Waals surface area (Å²) >= 11 is 0. The van der Waals surface area contributed by atoms with Gasteiger partial charge in [0.25, 0.3) is 0 Å². The van der Waals surface area contributed by atoms with Gasteiger partial charge in [-0.3, -0.25) is 4.79 Å². The minimum absolute atomic E-state index is 0.643. The highest BCUT2D eigenvalue weighted by molar-refractivity contribution is 5.46. The van der Waals surface area contributed by atoms with Crippen LogP contribution in [0.1, 0.15) is 25.3 Å². The number of likely N-dealkylation sites (tertiary alicyclic amines) is 1. The molecular formula is C17H26N2O. The zero-order chi connectivity index (χ0) is 14.2. The number of carbonyl (C=O) groups excluding carboxylic acids is 1. The molecule has 1 heterocycles. The van der Waals surface area contributed by atoms with E-state index in [-0.39, 0.29) is 0 Å². The fourth-order valence-corrected chi connectivity index (χ4v) is 3.01. The smallest absolute Gasteiger partial charge is 0.209 e. The monoisotopic (exact) mass is 274 g/mol. The molecule has 0 N–H and O–H groups in total. The van der Waals surface area contributed by atoms with Crippen LogP contribution in [0.2, 0.25) is 0 Å². The number of benzene rings is 1. The fraction of sp³-hybridized carbons (Fsp3) is 0.588. The normalized spacial score (nSPS) is 19.8. The Kier molecular flexibility index (Phi) is 6.06. The number of nitrogens with zero attached hydrogens (tertiary/aromatic N) is 2. The lowest BCUT2D eigenvalue weighted by Gasteiger charge is -2.34. The van der Waals surface area contributed by atoms with Crippen molar-refractivity contribution in [3.8, 4) is 0 Å². The summed E-state index contributed by atoms with van der Waals surface area (Å²) in [4.78, 5) is 15.4. The third-order valence-corrected chi connectivity index (χ3v) is 4.21. The largest absolute Gasteiger partial charge is 0.345 e. The predicted octanol–water partition coefficient (Wildman–Crippen LogP) is 2.42. The molecule has 0 radical (unpaired) electrons. The van der Waals surface area contributed by atoms with Gasteiger partial charge in [0, 0.05) is 26.2 Å². The lowest BCUT2D eigenvalue weighted by Crippen LogP contribution is -2.41. The molecule has 1 aliphatic rings. The van der Waals surface area contributed by atoms with Crippen LogP contribution >= 0.6 is 0 Å². The fourth-order valence-electron chi connectivity index (χ4n) is 3.01. The van der Waals surface area contributed by atoms with E-state index in [0.29, 0.717) is 5.92 Å². The third-order valence-electron chi connectivity index (χ3n) is 4.21. The van der Waals surface area contributed by atoms with Gasteiger partial charge in [0.15, 0.2) is 0 Å². The Morgan fingerprint density at radius 1 is 1.35 bits per heavy atom. The molecule has 3 nitrogen and oxygen atoms in total. The molecule has 0 bridgehead atoms. The maximum absolute atomic E-state index is 10.9. The van der Waals surface area contributed by atoms with Gasteiger partial charge < -0.3 is 9.80 Å². The Morgan fingerprint density at radius 2 is 2.15 bits per heavy atom. The van der Waals surface area contributed by atoms with Crippen molar-refractivity contribution in [1.29, 1.82) is 0 Å². The van der Waals surface area contributed by atoms with Crippen LogP contribution in [0.4, 0.5) is 0 Å². The van der Waals surface area contributed by atoms with Gasteiger partial charge in [-0.15, -0.1) is 0 Å². The summed E-state index contributed by atoms with van der Waals surface area (Å²) in [6.45, 7) is 7.26. The second-order valence-corrected chi connectivity index (χ2v) is 5.74. The summed E-state index contributed by atoms with van der Waals surface area (Å²) in [7, 11) is 0. The van der Waals surface area contributed by atoms with Crippen LogP contribution < -0.4 is 0 Å². The van der Waals surface area contributed by atoms with E-state index < -0.39 is 0 Å². The molecule has 1 amide bonds. The molecule has 0 saturated carbocycles. The van der Waals surface area contributed by atoms with Crippen LogP contribution in [-0.2, 0) is 11.2 Å². The summed E-state index contributed by atoms with van der Waals surface area (Å²) in [5, 5.41) is 0. The second-order valence-electron chi connectivity index (χ2n) is 5.74. The first-order chi connectivity index (χ1) is 9.81.